The van der Waals surface area contributed by atoms with Crippen molar-refractivity contribution in [2.24, 2.45) is 0 Å². The first-order valence-corrected chi connectivity index (χ1v) is 11.6. The van der Waals surface area contributed by atoms with Crippen LogP contribution >= 0.6 is 0 Å². The Balaban J connectivity index is 2.35. The Labute approximate surface area is 195 Å². The van der Waals surface area contributed by atoms with Gasteiger partial charge in [0.1, 0.15) is 17.0 Å². The van der Waals surface area contributed by atoms with E-state index in [1.54, 1.807) is 20.8 Å². The van der Waals surface area contributed by atoms with E-state index in [1.807, 2.05) is 0 Å². The molecule has 3 aromatic rings. The van der Waals surface area contributed by atoms with Crippen molar-refractivity contribution in [3.8, 4) is 11.4 Å². The fourth-order valence-corrected chi connectivity index (χ4v) is 4.16. The van der Waals surface area contributed by atoms with Gasteiger partial charge >= 0.3 is 18.4 Å². The number of fused-ring (bicyclic) bond motifs is 1. The molecule has 0 unspecified atom stereocenters. The first kappa shape index (κ1) is 26.4. The Hall–Kier alpha value is -3.16. The SMILES string of the molecule is CCS(=O)(=O)c1cc(C(F)(F)F)cnc1-c1nc2ccn(C(=O)OC(C)(C)C)c2cc1C(F)(F)F. The number of sulfone groups is 1. The van der Waals surface area contributed by atoms with Crippen LogP contribution in [-0.2, 0) is 26.9 Å². The van der Waals surface area contributed by atoms with Gasteiger partial charge in [-0.05, 0) is 39.0 Å². The number of ether oxygens (including phenoxy) is 1. The number of alkyl halides is 6. The van der Waals surface area contributed by atoms with Crippen LogP contribution in [0.5, 0.6) is 0 Å². The predicted molar refractivity (Wildman–Crippen MR) is 112 cm³/mol. The highest BCUT2D eigenvalue weighted by molar-refractivity contribution is 7.91. The molecule has 3 aromatic heterocycles. The van der Waals surface area contributed by atoms with Gasteiger partial charge in [-0.15, -0.1) is 0 Å². The summed E-state index contributed by atoms with van der Waals surface area (Å²) in [4.78, 5) is 18.7. The lowest BCUT2D eigenvalue weighted by atomic mass is 10.1. The van der Waals surface area contributed by atoms with E-state index in [9.17, 15) is 39.6 Å². The molecular formula is C21H19F6N3O4S. The van der Waals surface area contributed by atoms with Crippen LogP contribution in [0.15, 0.2) is 35.5 Å². The number of hydrogen-bond acceptors (Lipinski definition) is 6. The lowest BCUT2D eigenvalue weighted by Crippen LogP contribution is -2.26. The highest BCUT2D eigenvalue weighted by Gasteiger charge is 2.39. The molecule has 0 amide bonds. The van der Waals surface area contributed by atoms with Gasteiger partial charge in [0.2, 0.25) is 0 Å². The highest BCUT2D eigenvalue weighted by Crippen LogP contribution is 2.41. The van der Waals surface area contributed by atoms with Gasteiger partial charge in [0.05, 0.1) is 32.8 Å². The molecule has 0 aliphatic rings. The summed E-state index contributed by atoms with van der Waals surface area (Å²) in [5, 5.41) is 0. The molecule has 0 radical (unpaired) electrons. The summed E-state index contributed by atoms with van der Waals surface area (Å²) in [6, 6.07) is 1.96. The Morgan fingerprint density at radius 2 is 1.66 bits per heavy atom. The standard InChI is InChI=1S/C21H19F6N3O4S/c1-5-35(32,33)15-8-11(20(22,23)24)10-28-17(15)16-12(21(25,26)27)9-14-13(29-16)6-7-30(14)18(31)34-19(2,3)4/h6-10H,5H2,1-4H3. The maximum atomic E-state index is 14.0. The molecular weight excluding hydrogens is 504 g/mol. The maximum absolute atomic E-state index is 14.0. The zero-order chi connectivity index (χ0) is 26.6. The minimum Gasteiger partial charge on any atom is -0.443 e. The minimum atomic E-state index is -5.13. The van der Waals surface area contributed by atoms with Crippen LogP contribution in [0, 0.1) is 0 Å². The highest BCUT2D eigenvalue weighted by atomic mass is 32.2. The smallest absolute Gasteiger partial charge is 0.419 e. The Morgan fingerprint density at radius 3 is 2.17 bits per heavy atom. The Kier molecular flexibility index (Phi) is 6.42. The zero-order valence-corrected chi connectivity index (χ0v) is 19.6. The van der Waals surface area contributed by atoms with Crippen LogP contribution < -0.4 is 0 Å². The predicted octanol–water partition coefficient (Wildman–Crippen LogP) is 5.71. The van der Waals surface area contributed by atoms with Crippen LogP contribution in [0.25, 0.3) is 22.4 Å². The van der Waals surface area contributed by atoms with Gasteiger partial charge in [0, 0.05) is 12.4 Å². The Bertz CT molecular complexity index is 1400. The van der Waals surface area contributed by atoms with Crippen LogP contribution in [0.3, 0.4) is 0 Å². The molecule has 0 N–H and O–H groups in total. The van der Waals surface area contributed by atoms with E-state index in [0.29, 0.717) is 6.07 Å². The van der Waals surface area contributed by atoms with Crippen molar-refractivity contribution in [2.45, 2.75) is 50.5 Å². The Morgan fingerprint density at radius 1 is 1.03 bits per heavy atom. The van der Waals surface area contributed by atoms with Gasteiger partial charge in [-0.25, -0.2) is 18.2 Å². The van der Waals surface area contributed by atoms with Crippen molar-refractivity contribution >= 4 is 27.0 Å². The van der Waals surface area contributed by atoms with Crippen molar-refractivity contribution in [3.63, 3.8) is 0 Å². The largest absolute Gasteiger partial charge is 0.443 e. The van der Waals surface area contributed by atoms with Crippen molar-refractivity contribution in [1.82, 2.24) is 14.5 Å². The van der Waals surface area contributed by atoms with E-state index in [1.165, 1.54) is 6.07 Å². The molecule has 0 saturated heterocycles. The molecule has 0 spiro atoms. The van der Waals surface area contributed by atoms with Gasteiger partial charge in [0.15, 0.2) is 9.84 Å². The van der Waals surface area contributed by atoms with E-state index in [-0.39, 0.29) is 23.3 Å². The van der Waals surface area contributed by atoms with Crippen molar-refractivity contribution in [1.29, 1.82) is 0 Å². The summed E-state index contributed by atoms with van der Waals surface area (Å²) < 4.78 is 113. The van der Waals surface area contributed by atoms with E-state index < -0.39 is 67.0 Å². The van der Waals surface area contributed by atoms with Gasteiger partial charge < -0.3 is 4.74 Å². The van der Waals surface area contributed by atoms with E-state index in [4.69, 9.17) is 4.74 Å². The number of halogens is 6. The minimum absolute atomic E-state index is 0.166. The second-order valence-corrected chi connectivity index (χ2v) is 10.7. The van der Waals surface area contributed by atoms with E-state index in [2.05, 4.69) is 9.97 Å². The van der Waals surface area contributed by atoms with Crippen LogP contribution in [0.2, 0.25) is 0 Å². The normalized spacial score (nSPS) is 13.3. The second-order valence-electron chi connectivity index (χ2n) is 8.42. The molecule has 35 heavy (non-hydrogen) atoms. The molecule has 0 bridgehead atoms. The van der Waals surface area contributed by atoms with Gasteiger partial charge in [-0.1, -0.05) is 6.92 Å². The molecule has 0 aliphatic carbocycles. The van der Waals surface area contributed by atoms with Gasteiger partial charge in [0.25, 0.3) is 0 Å². The first-order chi connectivity index (χ1) is 15.8. The molecule has 0 saturated carbocycles. The molecule has 3 heterocycles. The number of nitrogens with zero attached hydrogens (tertiary/aromatic N) is 3. The fourth-order valence-electron chi connectivity index (χ4n) is 3.09. The average Bonchev–Trinajstić information content (AvgIpc) is 3.13. The fraction of sp³-hybridized carbons (Fsp3) is 0.381. The van der Waals surface area contributed by atoms with E-state index in [0.717, 1.165) is 17.7 Å². The number of rotatable bonds is 3. The molecule has 14 heteroatoms. The van der Waals surface area contributed by atoms with Crippen LogP contribution in [0.1, 0.15) is 38.8 Å². The third-order valence-corrected chi connectivity index (χ3v) is 6.43. The molecule has 3 rings (SSSR count). The van der Waals surface area contributed by atoms with Crippen molar-refractivity contribution in [3.05, 3.63) is 41.7 Å². The second kappa shape index (κ2) is 8.50. The molecule has 0 fully saturated rings. The van der Waals surface area contributed by atoms with E-state index >= 15 is 0 Å². The number of pyridine rings is 2. The number of carbonyl (C=O) groups is 1. The number of carbonyl (C=O) groups excluding carboxylic acids is 1. The van der Waals surface area contributed by atoms with Crippen molar-refractivity contribution in [2.75, 3.05) is 5.75 Å². The topological polar surface area (TPSA) is 91.1 Å². The lowest BCUT2D eigenvalue weighted by molar-refractivity contribution is -0.138. The summed E-state index contributed by atoms with van der Waals surface area (Å²) in [6.07, 6.45) is -9.76. The van der Waals surface area contributed by atoms with Crippen LogP contribution in [0.4, 0.5) is 31.1 Å². The summed E-state index contributed by atoms with van der Waals surface area (Å²) in [5.41, 5.74) is -6.25. The monoisotopic (exact) mass is 523 g/mol. The number of aromatic nitrogens is 3. The summed E-state index contributed by atoms with van der Waals surface area (Å²) in [7, 11) is -4.45. The molecule has 0 aliphatic heterocycles. The quantitative estimate of drug-likeness (QED) is 0.409. The summed E-state index contributed by atoms with van der Waals surface area (Å²) >= 11 is 0. The number of hydrogen-bond donors (Lipinski definition) is 0. The van der Waals surface area contributed by atoms with Gasteiger partial charge in [-0.2, -0.15) is 26.3 Å². The molecule has 190 valence electrons. The molecule has 0 aromatic carbocycles. The first-order valence-electron chi connectivity index (χ1n) is 9.98. The summed E-state index contributed by atoms with van der Waals surface area (Å²) in [6.45, 7) is 5.79. The molecule has 7 nitrogen and oxygen atoms in total. The summed E-state index contributed by atoms with van der Waals surface area (Å²) in [5.74, 6) is -0.693. The van der Waals surface area contributed by atoms with Crippen LogP contribution in [-0.4, -0.2) is 40.4 Å². The molecule has 0 atom stereocenters. The van der Waals surface area contributed by atoms with Crippen molar-refractivity contribution < 1.29 is 44.3 Å². The zero-order valence-electron chi connectivity index (χ0n) is 18.7. The van der Waals surface area contributed by atoms with Gasteiger partial charge in [-0.3, -0.25) is 9.55 Å². The third-order valence-electron chi connectivity index (χ3n) is 4.69. The maximum Gasteiger partial charge on any atom is 0.419 e. The average molecular weight is 523 g/mol. The lowest BCUT2D eigenvalue weighted by Gasteiger charge is -2.20. The third kappa shape index (κ3) is 5.41.